The third-order valence-electron chi connectivity index (χ3n) is 0.637. The fourth-order valence-corrected chi connectivity index (χ4v) is 0.357. The summed E-state index contributed by atoms with van der Waals surface area (Å²) >= 11 is 0. The van der Waals surface area contributed by atoms with Gasteiger partial charge in [-0.05, 0) is 0 Å². The largest absolute Gasteiger partial charge is 0.873 e. The van der Waals surface area contributed by atoms with Gasteiger partial charge in [0.05, 0.1) is 0 Å². The highest BCUT2D eigenvalue weighted by Crippen LogP contribution is 1.92. The third kappa shape index (κ3) is 6.28. The SMILES string of the molecule is NC(=O)OB(OC(N)=O)OC(N)=O. The predicted octanol–water partition coefficient (Wildman–Crippen LogP) is -1.74. The fourth-order valence-electron chi connectivity index (χ4n) is 0.357. The van der Waals surface area contributed by atoms with Crippen molar-refractivity contribution >= 4 is 25.6 Å². The van der Waals surface area contributed by atoms with Crippen LogP contribution in [0.1, 0.15) is 0 Å². The number of amides is 3. The van der Waals surface area contributed by atoms with Crippen molar-refractivity contribution in [1.29, 1.82) is 0 Å². The maximum Gasteiger partial charge on any atom is 0.873 e. The minimum absolute atomic E-state index is 1.33. The molecule has 0 aromatic carbocycles. The molecule has 0 aromatic rings. The summed E-state index contributed by atoms with van der Waals surface area (Å²) in [5, 5.41) is 0. The molecule has 0 aliphatic rings. The predicted molar refractivity (Wildman–Crippen MR) is 37.8 cm³/mol. The molecule has 0 saturated carbocycles. The summed E-state index contributed by atoms with van der Waals surface area (Å²) < 4.78 is 11.9. The van der Waals surface area contributed by atoms with Gasteiger partial charge in [0.2, 0.25) is 0 Å². The van der Waals surface area contributed by atoms with Gasteiger partial charge in [0, 0.05) is 0 Å². The van der Waals surface area contributed by atoms with Crippen LogP contribution < -0.4 is 17.2 Å². The average Bonchev–Trinajstić information content (AvgIpc) is 1.80. The lowest BCUT2D eigenvalue weighted by molar-refractivity contribution is 0.141. The van der Waals surface area contributed by atoms with Crippen molar-refractivity contribution in [3.8, 4) is 0 Å². The van der Waals surface area contributed by atoms with Crippen LogP contribution in [0.4, 0.5) is 14.4 Å². The van der Waals surface area contributed by atoms with Gasteiger partial charge < -0.3 is 31.2 Å². The second kappa shape index (κ2) is 4.69. The Bertz CT molecular complexity index is 193. The van der Waals surface area contributed by atoms with E-state index in [2.05, 4.69) is 31.2 Å². The van der Waals surface area contributed by atoms with E-state index in [0.717, 1.165) is 0 Å². The number of nitrogens with two attached hydrogens (primary N) is 3. The van der Waals surface area contributed by atoms with E-state index >= 15 is 0 Å². The van der Waals surface area contributed by atoms with Gasteiger partial charge in [0.15, 0.2) is 0 Å². The number of hydrogen-bond acceptors (Lipinski definition) is 6. The van der Waals surface area contributed by atoms with Gasteiger partial charge in [-0.25, -0.2) is 14.4 Å². The molecule has 0 fully saturated rings. The van der Waals surface area contributed by atoms with Gasteiger partial charge in [0.25, 0.3) is 0 Å². The molecule has 0 atom stereocenters. The number of carbonyl (C=O) groups excluding carboxylic acids is 3. The first-order valence-corrected chi connectivity index (χ1v) is 2.80. The van der Waals surface area contributed by atoms with Crippen molar-refractivity contribution in [1.82, 2.24) is 0 Å². The normalized spacial score (nSPS) is 8.31. The first kappa shape index (κ1) is 10.9. The number of hydrogen-bond donors (Lipinski definition) is 3. The molecule has 0 saturated heterocycles. The van der Waals surface area contributed by atoms with Crippen LogP contribution in [0.3, 0.4) is 0 Å². The van der Waals surface area contributed by atoms with Crippen LogP contribution in [0.25, 0.3) is 0 Å². The van der Waals surface area contributed by atoms with Gasteiger partial charge in [-0.1, -0.05) is 0 Å². The Hall–Kier alpha value is -2.13. The first-order chi connectivity index (χ1) is 5.91. The topological polar surface area (TPSA) is 157 Å². The molecule has 10 heteroatoms. The van der Waals surface area contributed by atoms with E-state index in [1.807, 2.05) is 0 Å². The molecule has 0 rings (SSSR count). The van der Waals surface area contributed by atoms with E-state index in [9.17, 15) is 14.4 Å². The Labute approximate surface area is 72.2 Å². The van der Waals surface area contributed by atoms with Crippen LogP contribution in [-0.4, -0.2) is 25.6 Å². The zero-order valence-corrected chi connectivity index (χ0v) is 6.26. The standard InChI is InChI=1S/C3H6BN3O6/c5-1(8)11-4(12-2(6)9)13-3(7)10/h(H2,5,8)(H2,6,9)(H2,7,10). The van der Waals surface area contributed by atoms with Crippen molar-refractivity contribution in [3.63, 3.8) is 0 Å². The molecule has 0 radical (unpaired) electrons. The molecule has 6 N–H and O–H groups in total. The fraction of sp³-hybridized carbons (Fsp3) is 0. The van der Waals surface area contributed by atoms with Gasteiger partial charge in [-0.2, -0.15) is 0 Å². The molecular weight excluding hydrogens is 185 g/mol. The molecule has 0 unspecified atom stereocenters. The van der Waals surface area contributed by atoms with Crippen molar-refractivity contribution in [2.45, 2.75) is 0 Å². The van der Waals surface area contributed by atoms with E-state index in [0.29, 0.717) is 0 Å². The number of rotatable bonds is 3. The summed E-state index contributed by atoms with van der Waals surface area (Å²) in [6, 6.07) is 0. The van der Waals surface area contributed by atoms with E-state index in [1.165, 1.54) is 0 Å². The highest BCUT2D eigenvalue weighted by atomic mass is 16.8. The number of primary amides is 3. The molecule has 13 heavy (non-hydrogen) atoms. The monoisotopic (exact) mass is 191 g/mol. The van der Waals surface area contributed by atoms with E-state index < -0.39 is 25.6 Å². The third-order valence-corrected chi connectivity index (χ3v) is 0.637. The zero-order chi connectivity index (χ0) is 10.4. The maximum absolute atomic E-state index is 10.1. The quantitative estimate of drug-likeness (QED) is 0.449. The van der Waals surface area contributed by atoms with Crippen LogP contribution in [0, 0.1) is 0 Å². The van der Waals surface area contributed by atoms with Gasteiger partial charge in [-0.15, -0.1) is 0 Å². The lowest BCUT2D eigenvalue weighted by atomic mass is 10.2. The minimum Gasteiger partial charge on any atom is -0.445 e. The molecule has 9 nitrogen and oxygen atoms in total. The van der Waals surface area contributed by atoms with Crippen LogP contribution in [-0.2, 0) is 14.0 Å². The second-order valence-electron chi connectivity index (χ2n) is 1.60. The molecule has 0 spiro atoms. The molecule has 72 valence electrons. The van der Waals surface area contributed by atoms with Gasteiger partial charge >= 0.3 is 25.6 Å². The average molecular weight is 191 g/mol. The van der Waals surface area contributed by atoms with Crippen molar-refractivity contribution in [2.75, 3.05) is 0 Å². The van der Waals surface area contributed by atoms with Gasteiger partial charge in [-0.3, -0.25) is 0 Å². The van der Waals surface area contributed by atoms with Crippen LogP contribution in [0.15, 0.2) is 0 Å². The van der Waals surface area contributed by atoms with Crippen LogP contribution in [0.2, 0.25) is 0 Å². The summed E-state index contributed by atoms with van der Waals surface area (Å²) in [5.74, 6) is 0. The Balaban J connectivity index is 4.10. The zero-order valence-electron chi connectivity index (χ0n) is 6.26. The summed E-state index contributed by atoms with van der Waals surface area (Å²) in [6.45, 7) is 0. The van der Waals surface area contributed by atoms with E-state index in [1.54, 1.807) is 0 Å². The van der Waals surface area contributed by atoms with Gasteiger partial charge in [0.1, 0.15) is 0 Å². The number of carbonyl (C=O) groups is 3. The molecule has 0 aliphatic carbocycles. The van der Waals surface area contributed by atoms with Crippen molar-refractivity contribution in [2.24, 2.45) is 17.2 Å². The van der Waals surface area contributed by atoms with Crippen molar-refractivity contribution in [3.05, 3.63) is 0 Å². The van der Waals surface area contributed by atoms with Crippen molar-refractivity contribution < 1.29 is 28.3 Å². The highest BCUT2D eigenvalue weighted by molar-refractivity contribution is 6.43. The highest BCUT2D eigenvalue weighted by Gasteiger charge is 2.34. The summed E-state index contributed by atoms with van der Waals surface area (Å²) in [4.78, 5) is 30.3. The lowest BCUT2D eigenvalue weighted by Crippen LogP contribution is -2.39. The summed E-state index contributed by atoms with van der Waals surface area (Å²) in [5.41, 5.74) is 13.6. The second-order valence-corrected chi connectivity index (χ2v) is 1.60. The summed E-state index contributed by atoms with van der Waals surface area (Å²) in [7, 11) is -1.97. The lowest BCUT2D eigenvalue weighted by Gasteiger charge is -2.08. The van der Waals surface area contributed by atoms with E-state index in [-0.39, 0.29) is 0 Å². The maximum atomic E-state index is 10.1. The molecule has 0 bridgehead atoms. The molecule has 0 aromatic heterocycles. The van der Waals surface area contributed by atoms with Crippen LogP contribution in [0.5, 0.6) is 0 Å². The Morgan fingerprint density at radius 1 is 0.769 bits per heavy atom. The Kier molecular flexibility index (Phi) is 3.93. The van der Waals surface area contributed by atoms with Crippen LogP contribution >= 0.6 is 0 Å². The Morgan fingerprint density at radius 3 is 1.15 bits per heavy atom. The smallest absolute Gasteiger partial charge is 0.445 e. The first-order valence-electron chi connectivity index (χ1n) is 2.80. The molecule has 3 amide bonds. The Morgan fingerprint density at radius 2 is 1.00 bits per heavy atom. The minimum atomic E-state index is -1.97. The van der Waals surface area contributed by atoms with E-state index in [4.69, 9.17) is 0 Å². The summed E-state index contributed by atoms with van der Waals surface area (Å²) in [6.07, 6.45) is -3.98. The molecule has 0 heterocycles. The molecule has 0 aliphatic heterocycles. The molecular formula is C3H6BN3O6.